The Morgan fingerprint density at radius 1 is 1.03 bits per heavy atom. The first-order valence-electron chi connectivity index (χ1n) is 10.7. The van der Waals surface area contributed by atoms with E-state index in [4.69, 9.17) is 22.1 Å². The van der Waals surface area contributed by atoms with Crippen LogP contribution in [0.4, 0.5) is 5.69 Å². The van der Waals surface area contributed by atoms with E-state index < -0.39 is 28.4 Å². The Kier molecular flexibility index (Phi) is 8.68. The number of halogens is 1. The molecule has 0 aliphatic carbocycles. The van der Waals surface area contributed by atoms with E-state index in [2.05, 4.69) is 10.5 Å². The van der Waals surface area contributed by atoms with E-state index in [-0.39, 0.29) is 11.5 Å². The number of ether oxygens (including phenoxy) is 1. The van der Waals surface area contributed by atoms with Crippen molar-refractivity contribution < 1.29 is 22.7 Å². The smallest absolute Gasteiger partial charge is 0.264 e. The van der Waals surface area contributed by atoms with Crippen LogP contribution in [0.3, 0.4) is 0 Å². The zero-order valence-corrected chi connectivity index (χ0v) is 21.2. The SMILES string of the molecule is Cc1ccc(N(CC(=O)N/N=C\c2ccc(OCC(N)=O)cc2)S(=O)(=O)c2ccc(Cl)cc2)cc1C. The number of aryl methyl sites for hydroxylation is 2. The normalized spacial score (nSPS) is 11.3. The Morgan fingerprint density at radius 2 is 1.69 bits per heavy atom. The minimum atomic E-state index is -4.07. The lowest BCUT2D eigenvalue weighted by Crippen LogP contribution is -2.39. The number of amides is 2. The van der Waals surface area contributed by atoms with Crippen molar-refractivity contribution in [3.05, 3.63) is 88.4 Å². The van der Waals surface area contributed by atoms with Gasteiger partial charge in [0.25, 0.3) is 21.8 Å². The summed E-state index contributed by atoms with van der Waals surface area (Å²) in [4.78, 5) is 23.5. The number of primary amides is 1. The van der Waals surface area contributed by atoms with Gasteiger partial charge in [-0.3, -0.25) is 13.9 Å². The lowest BCUT2D eigenvalue weighted by Gasteiger charge is -2.24. The molecule has 36 heavy (non-hydrogen) atoms. The van der Waals surface area contributed by atoms with Gasteiger partial charge in [0, 0.05) is 5.02 Å². The highest BCUT2D eigenvalue weighted by molar-refractivity contribution is 7.92. The summed E-state index contributed by atoms with van der Waals surface area (Å²) >= 11 is 5.91. The molecule has 0 radical (unpaired) electrons. The molecule has 0 saturated heterocycles. The molecule has 0 heterocycles. The third-order valence-corrected chi connectivity index (χ3v) is 7.17. The van der Waals surface area contributed by atoms with Crippen LogP contribution >= 0.6 is 11.6 Å². The average Bonchev–Trinajstić information content (AvgIpc) is 2.84. The Balaban J connectivity index is 1.76. The molecule has 0 aromatic heterocycles. The molecule has 0 atom stereocenters. The third kappa shape index (κ3) is 7.06. The number of carbonyl (C=O) groups is 2. The topological polar surface area (TPSA) is 131 Å². The van der Waals surface area contributed by atoms with Crippen molar-refractivity contribution in [2.75, 3.05) is 17.5 Å². The first-order chi connectivity index (χ1) is 17.1. The summed E-state index contributed by atoms with van der Waals surface area (Å²) in [5, 5.41) is 4.31. The molecule has 188 valence electrons. The highest BCUT2D eigenvalue weighted by Gasteiger charge is 2.27. The maximum Gasteiger partial charge on any atom is 0.264 e. The molecule has 3 aromatic rings. The van der Waals surface area contributed by atoms with Gasteiger partial charge in [0.2, 0.25) is 0 Å². The van der Waals surface area contributed by atoms with Crippen molar-refractivity contribution in [1.29, 1.82) is 0 Å². The van der Waals surface area contributed by atoms with Gasteiger partial charge in [0.15, 0.2) is 6.61 Å². The number of hydrogen-bond acceptors (Lipinski definition) is 6. The van der Waals surface area contributed by atoms with Gasteiger partial charge < -0.3 is 10.5 Å². The van der Waals surface area contributed by atoms with Crippen molar-refractivity contribution in [2.24, 2.45) is 10.8 Å². The van der Waals surface area contributed by atoms with Crippen molar-refractivity contribution in [3.63, 3.8) is 0 Å². The van der Waals surface area contributed by atoms with E-state index in [0.29, 0.717) is 22.0 Å². The van der Waals surface area contributed by atoms with Crippen LogP contribution in [0.2, 0.25) is 5.02 Å². The lowest BCUT2D eigenvalue weighted by molar-refractivity contribution is -0.120. The van der Waals surface area contributed by atoms with Crippen LogP contribution in [0.15, 0.2) is 76.7 Å². The minimum Gasteiger partial charge on any atom is -0.484 e. The molecule has 3 N–H and O–H groups in total. The second kappa shape index (κ2) is 11.7. The molecule has 11 heteroatoms. The minimum absolute atomic E-state index is 0.0000681. The van der Waals surface area contributed by atoms with Gasteiger partial charge in [-0.2, -0.15) is 5.10 Å². The second-order valence-corrected chi connectivity index (χ2v) is 10.2. The van der Waals surface area contributed by atoms with Crippen LogP contribution in [0.5, 0.6) is 5.75 Å². The van der Waals surface area contributed by atoms with Gasteiger partial charge in [-0.15, -0.1) is 0 Å². The molecule has 0 aliphatic rings. The molecule has 9 nitrogen and oxygen atoms in total. The summed E-state index contributed by atoms with van der Waals surface area (Å²) < 4.78 is 33.1. The van der Waals surface area contributed by atoms with Gasteiger partial charge in [-0.05, 0) is 91.2 Å². The fourth-order valence-electron chi connectivity index (χ4n) is 3.08. The number of nitrogens with zero attached hydrogens (tertiary/aromatic N) is 2. The monoisotopic (exact) mass is 528 g/mol. The molecule has 2 amide bonds. The van der Waals surface area contributed by atoms with Crippen LogP contribution < -0.4 is 20.2 Å². The fraction of sp³-hybridized carbons (Fsp3) is 0.160. The number of anilines is 1. The molecule has 0 bridgehead atoms. The van der Waals surface area contributed by atoms with E-state index in [1.165, 1.54) is 30.5 Å². The van der Waals surface area contributed by atoms with Gasteiger partial charge in [-0.1, -0.05) is 17.7 Å². The van der Waals surface area contributed by atoms with E-state index in [0.717, 1.165) is 15.4 Å². The summed E-state index contributed by atoms with van der Waals surface area (Å²) in [6.07, 6.45) is 1.39. The Bertz CT molecular complexity index is 1370. The highest BCUT2D eigenvalue weighted by Crippen LogP contribution is 2.26. The van der Waals surface area contributed by atoms with Gasteiger partial charge in [0.05, 0.1) is 16.8 Å². The Labute approximate surface area is 214 Å². The number of hydrazone groups is 1. The number of carbonyl (C=O) groups excluding carboxylic acids is 2. The van der Waals surface area contributed by atoms with Crippen LogP contribution in [-0.2, 0) is 19.6 Å². The molecular weight excluding hydrogens is 504 g/mol. The summed E-state index contributed by atoms with van der Waals surface area (Å²) in [5.74, 6) is -0.772. The quantitative estimate of drug-likeness (QED) is 0.308. The number of nitrogens with two attached hydrogens (primary N) is 1. The predicted molar refractivity (Wildman–Crippen MR) is 139 cm³/mol. The number of rotatable bonds is 10. The van der Waals surface area contributed by atoms with E-state index in [1.54, 1.807) is 42.5 Å². The number of hydrogen-bond donors (Lipinski definition) is 2. The number of benzene rings is 3. The maximum atomic E-state index is 13.4. The summed E-state index contributed by atoms with van der Waals surface area (Å²) in [7, 11) is -4.07. The molecule has 0 spiro atoms. The fourth-order valence-corrected chi connectivity index (χ4v) is 4.62. The molecule has 3 aromatic carbocycles. The third-order valence-electron chi connectivity index (χ3n) is 5.13. The summed E-state index contributed by atoms with van der Waals surface area (Å²) in [6.45, 7) is 3.04. The molecule has 0 aliphatic heterocycles. The number of sulfonamides is 1. The Hall–Kier alpha value is -3.89. The Morgan fingerprint density at radius 3 is 2.31 bits per heavy atom. The van der Waals surface area contributed by atoms with Crippen molar-refractivity contribution in [1.82, 2.24) is 5.43 Å². The molecule has 0 saturated carbocycles. The number of nitrogens with one attached hydrogen (secondary N) is 1. The van der Waals surface area contributed by atoms with Gasteiger partial charge in [-0.25, -0.2) is 13.8 Å². The molecule has 0 unspecified atom stereocenters. The first-order valence-corrected chi connectivity index (χ1v) is 12.6. The van der Waals surface area contributed by atoms with Gasteiger partial charge in [0.1, 0.15) is 12.3 Å². The van der Waals surface area contributed by atoms with Crippen LogP contribution in [-0.4, -0.2) is 39.6 Å². The largest absolute Gasteiger partial charge is 0.484 e. The van der Waals surface area contributed by atoms with E-state index in [9.17, 15) is 18.0 Å². The van der Waals surface area contributed by atoms with E-state index in [1.807, 2.05) is 13.8 Å². The summed E-state index contributed by atoms with van der Waals surface area (Å²) in [5.41, 5.74) is 10.3. The standard InChI is InChI=1S/C25H25ClN4O5S/c1-17-3-8-21(13-18(17)2)30(36(33,34)23-11-6-20(26)7-12-23)15-25(32)29-28-14-19-4-9-22(10-5-19)35-16-24(27)31/h3-14H,15-16H2,1-2H3,(H2,27,31)(H,29,32)/b28-14-. The zero-order valence-electron chi connectivity index (χ0n) is 19.6. The van der Waals surface area contributed by atoms with Crippen LogP contribution in [0, 0.1) is 13.8 Å². The van der Waals surface area contributed by atoms with Crippen molar-refractivity contribution >= 4 is 45.3 Å². The maximum absolute atomic E-state index is 13.4. The molecule has 0 fully saturated rings. The van der Waals surface area contributed by atoms with Gasteiger partial charge >= 0.3 is 0 Å². The molecule has 3 rings (SSSR count). The predicted octanol–water partition coefficient (Wildman–Crippen LogP) is 3.17. The van der Waals surface area contributed by atoms with Crippen molar-refractivity contribution in [3.8, 4) is 5.75 Å². The van der Waals surface area contributed by atoms with Crippen LogP contribution in [0.1, 0.15) is 16.7 Å². The highest BCUT2D eigenvalue weighted by atomic mass is 35.5. The van der Waals surface area contributed by atoms with Crippen LogP contribution in [0.25, 0.3) is 0 Å². The van der Waals surface area contributed by atoms with Crippen molar-refractivity contribution in [2.45, 2.75) is 18.7 Å². The zero-order chi connectivity index (χ0) is 26.3. The average molecular weight is 529 g/mol. The summed E-state index contributed by atoms with van der Waals surface area (Å²) in [6, 6.07) is 17.4. The van der Waals surface area contributed by atoms with E-state index >= 15 is 0 Å². The first kappa shape index (κ1) is 26.7. The molecular formula is C25H25ClN4O5S. The second-order valence-electron chi connectivity index (χ2n) is 7.85. The lowest BCUT2D eigenvalue weighted by atomic mass is 10.1.